The number of para-hydroxylation sites is 2. The van der Waals surface area contributed by atoms with Crippen molar-refractivity contribution >= 4 is 23.1 Å². The minimum Gasteiger partial charge on any atom is -0.323 e. The number of benzene rings is 2. The molecule has 0 saturated heterocycles. The lowest BCUT2D eigenvalue weighted by Gasteiger charge is -2.18. The van der Waals surface area contributed by atoms with Gasteiger partial charge in [0.15, 0.2) is 0 Å². The molecule has 0 radical (unpaired) electrons. The highest BCUT2D eigenvalue weighted by Crippen LogP contribution is 2.21. The van der Waals surface area contributed by atoms with Crippen molar-refractivity contribution in [3.8, 4) is 5.69 Å². The molecule has 1 N–H and O–H groups in total. The quantitative estimate of drug-likeness (QED) is 0.474. The molecule has 0 bridgehead atoms. The van der Waals surface area contributed by atoms with Gasteiger partial charge in [0.2, 0.25) is 0 Å². The molecule has 0 unspecified atom stereocenters. The summed E-state index contributed by atoms with van der Waals surface area (Å²) in [6, 6.07) is 18.9. The summed E-state index contributed by atoms with van der Waals surface area (Å²) in [5.41, 5.74) is 5.65. The van der Waals surface area contributed by atoms with E-state index in [-0.39, 0.29) is 0 Å². The molecule has 4 aromatic rings. The van der Waals surface area contributed by atoms with Crippen molar-refractivity contribution in [3.63, 3.8) is 0 Å². The number of fused-ring (bicyclic) bond motifs is 1. The fourth-order valence-corrected chi connectivity index (χ4v) is 3.59. The lowest BCUT2D eigenvalue weighted by molar-refractivity contribution is 0.276. The maximum Gasteiger partial charge on any atom is 0.0927 e. The second-order valence-corrected chi connectivity index (χ2v) is 8.01. The van der Waals surface area contributed by atoms with Crippen LogP contribution in [0.15, 0.2) is 67.0 Å². The highest BCUT2D eigenvalue weighted by Gasteiger charge is 2.07. The van der Waals surface area contributed by atoms with Gasteiger partial charge in [-0.05, 0) is 56.5 Å². The summed E-state index contributed by atoms with van der Waals surface area (Å²) < 4.78 is 2.21. The van der Waals surface area contributed by atoms with Gasteiger partial charge in [0.1, 0.15) is 0 Å². The molecule has 2 aromatic carbocycles. The van der Waals surface area contributed by atoms with E-state index >= 15 is 0 Å². The molecule has 5 nitrogen and oxygen atoms in total. The fraction of sp³-hybridized carbons (Fsp3) is 0.240. The number of likely N-dealkylation sites (N-methyl/N-ethyl adjacent to an activating group) is 2. The van der Waals surface area contributed by atoms with Crippen LogP contribution in [0.5, 0.6) is 0 Å². The Morgan fingerprint density at radius 1 is 0.933 bits per heavy atom. The molecule has 0 saturated carbocycles. The van der Waals surface area contributed by atoms with Crippen molar-refractivity contribution in [2.24, 2.45) is 0 Å². The van der Waals surface area contributed by atoms with Gasteiger partial charge < -0.3 is 14.4 Å². The molecule has 0 spiro atoms. The molecule has 0 aliphatic rings. The average Bonchev–Trinajstić information content (AvgIpc) is 3.38. The lowest BCUT2D eigenvalue weighted by atomic mass is 10.1. The summed E-state index contributed by atoms with van der Waals surface area (Å²) in [7, 11) is 6.40. The molecule has 154 valence electrons. The van der Waals surface area contributed by atoms with Crippen LogP contribution < -0.4 is 0 Å². The minimum absolute atomic E-state index is 0.943. The maximum absolute atomic E-state index is 4.45. The van der Waals surface area contributed by atoms with Gasteiger partial charge in [-0.3, -0.25) is 5.10 Å². The van der Waals surface area contributed by atoms with E-state index in [4.69, 9.17) is 0 Å². The Morgan fingerprint density at radius 3 is 2.60 bits per heavy atom. The zero-order chi connectivity index (χ0) is 20.9. The van der Waals surface area contributed by atoms with Gasteiger partial charge in [-0.2, -0.15) is 5.10 Å². The average molecular weight is 400 g/mol. The molecule has 2 aromatic heterocycles. The largest absolute Gasteiger partial charge is 0.323 e. The van der Waals surface area contributed by atoms with E-state index in [9.17, 15) is 0 Å². The van der Waals surface area contributed by atoms with Crippen molar-refractivity contribution < 1.29 is 0 Å². The van der Waals surface area contributed by atoms with Crippen molar-refractivity contribution in [1.29, 1.82) is 0 Å². The first kappa shape index (κ1) is 20.1. The van der Waals surface area contributed by atoms with Gasteiger partial charge in [-0.1, -0.05) is 42.5 Å². The first-order valence-corrected chi connectivity index (χ1v) is 10.3. The van der Waals surface area contributed by atoms with Gasteiger partial charge in [0, 0.05) is 37.4 Å². The molecule has 4 rings (SSSR count). The van der Waals surface area contributed by atoms with Crippen molar-refractivity contribution in [2.45, 2.75) is 6.54 Å². The summed E-state index contributed by atoms with van der Waals surface area (Å²) in [6.45, 7) is 3.06. The topological polar surface area (TPSA) is 40.1 Å². The van der Waals surface area contributed by atoms with Crippen LogP contribution in [0.1, 0.15) is 16.8 Å². The first-order chi connectivity index (χ1) is 14.6. The van der Waals surface area contributed by atoms with Crippen molar-refractivity contribution in [2.75, 3.05) is 34.2 Å². The Balaban J connectivity index is 1.53. The number of rotatable bonds is 8. The van der Waals surface area contributed by atoms with Crippen LogP contribution in [-0.2, 0) is 6.54 Å². The molecule has 0 fully saturated rings. The number of aromatic nitrogens is 3. The van der Waals surface area contributed by atoms with E-state index in [2.05, 4.69) is 107 Å². The molecule has 5 heteroatoms. The second kappa shape index (κ2) is 9.11. The molecule has 0 atom stereocenters. The SMILES string of the molecule is CN(C)CCN(C)Cc1ccn(-c2ccccc2C=Cc2n[nH]c3ccccc23)c1. The Labute approximate surface area is 178 Å². The van der Waals surface area contributed by atoms with E-state index in [0.29, 0.717) is 0 Å². The van der Waals surface area contributed by atoms with Gasteiger partial charge >= 0.3 is 0 Å². The smallest absolute Gasteiger partial charge is 0.0927 e. The van der Waals surface area contributed by atoms with Crippen LogP contribution in [0.2, 0.25) is 0 Å². The van der Waals surface area contributed by atoms with Gasteiger partial charge in [0.25, 0.3) is 0 Å². The Kier molecular flexibility index (Phi) is 6.12. The molecule has 0 aliphatic heterocycles. The number of nitrogens with zero attached hydrogens (tertiary/aromatic N) is 4. The van der Waals surface area contributed by atoms with E-state index in [1.54, 1.807) is 0 Å². The van der Waals surface area contributed by atoms with E-state index in [1.807, 2.05) is 18.2 Å². The minimum atomic E-state index is 0.943. The molecular weight excluding hydrogens is 370 g/mol. The lowest BCUT2D eigenvalue weighted by Crippen LogP contribution is -2.28. The Hall–Kier alpha value is -3.15. The normalized spacial score (nSPS) is 12.0. The highest BCUT2D eigenvalue weighted by atomic mass is 15.1. The van der Waals surface area contributed by atoms with Crippen LogP contribution in [0.3, 0.4) is 0 Å². The van der Waals surface area contributed by atoms with Crippen LogP contribution in [0, 0.1) is 0 Å². The summed E-state index contributed by atoms with van der Waals surface area (Å²) in [6.07, 6.45) is 8.59. The molecule has 2 heterocycles. The zero-order valence-electron chi connectivity index (χ0n) is 17.9. The fourth-order valence-electron chi connectivity index (χ4n) is 3.59. The van der Waals surface area contributed by atoms with Gasteiger partial charge in [-0.25, -0.2) is 0 Å². The predicted octanol–water partition coefficient (Wildman–Crippen LogP) is 4.52. The predicted molar refractivity (Wildman–Crippen MR) is 126 cm³/mol. The number of nitrogens with one attached hydrogen (secondary N) is 1. The van der Waals surface area contributed by atoms with Gasteiger partial charge in [0.05, 0.1) is 16.9 Å². The standard InChI is InChI=1S/C25H29N5/c1-28(2)16-17-29(3)18-20-14-15-30(19-20)25-11-7-4-8-21(25)12-13-24-22-9-5-6-10-23(22)26-27-24/h4-15,19H,16-18H2,1-3H3,(H,26,27). The highest BCUT2D eigenvalue weighted by molar-refractivity contribution is 5.89. The summed E-state index contributed by atoms with van der Waals surface area (Å²) in [4.78, 5) is 4.57. The zero-order valence-corrected chi connectivity index (χ0v) is 17.9. The summed E-state index contributed by atoms with van der Waals surface area (Å²) in [5, 5.41) is 8.68. The van der Waals surface area contributed by atoms with E-state index < -0.39 is 0 Å². The van der Waals surface area contributed by atoms with Gasteiger partial charge in [-0.15, -0.1) is 0 Å². The third-order valence-electron chi connectivity index (χ3n) is 5.27. The molecular formula is C25H29N5. The number of hydrogen-bond donors (Lipinski definition) is 1. The van der Waals surface area contributed by atoms with Crippen LogP contribution in [0.4, 0.5) is 0 Å². The molecule has 0 aliphatic carbocycles. The monoisotopic (exact) mass is 399 g/mol. The number of hydrogen-bond acceptors (Lipinski definition) is 3. The number of H-pyrrole nitrogens is 1. The third-order valence-corrected chi connectivity index (χ3v) is 5.27. The second-order valence-electron chi connectivity index (χ2n) is 8.01. The van der Waals surface area contributed by atoms with Crippen molar-refractivity contribution in [3.05, 3.63) is 83.8 Å². The molecule has 0 amide bonds. The first-order valence-electron chi connectivity index (χ1n) is 10.3. The Bertz CT molecular complexity index is 1140. The maximum atomic E-state index is 4.45. The molecule has 30 heavy (non-hydrogen) atoms. The van der Waals surface area contributed by atoms with Crippen molar-refractivity contribution in [1.82, 2.24) is 24.6 Å². The van der Waals surface area contributed by atoms with Crippen LogP contribution >= 0.6 is 0 Å². The Morgan fingerprint density at radius 2 is 1.73 bits per heavy atom. The summed E-state index contributed by atoms with van der Waals surface area (Å²) in [5.74, 6) is 0. The van der Waals surface area contributed by atoms with E-state index in [0.717, 1.165) is 47.5 Å². The summed E-state index contributed by atoms with van der Waals surface area (Å²) >= 11 is 0. The van der Waals surface area contributed by atoms with Crippen LogP contribution in [0.25, 0.3) is 28.7 Å². The van der Waals surface area contributed by atoms with Crippen LogP contribution in [-0.4, -0.2) is 58.8 Å². The van der Waals surface area contributed by atoms with E-state index in [1.165, 1.54) is 5.56 Å². The number of aromatic amines is 1. The third kappa shape index (κ3) is 4.70.